The molecule has 0 amide bonds. The minimum atomic E-state index is -3.50. The molecule has 0 atom stereocenters. The van der Waals surface area contributed by atoms with Gasteiger partial charge >= 0.3 is 0 Å². The lowest BCUT2D eigenvalue weighted by Gasteiger charge is -2.13. The van der Waals surface area contributed by atoms with Gasteiger partial charge in [0.15, 0.2) is 5.03 Å². The number of nitrogens with zero attached hydrogens (tertiary/aromatic N) is 2. The van der Waals surface area contributed by atoms with Crippen LogP contribution >= 0.6 is 11.6 Å². The number of halogens is 1. The van der Waals surface area contributed by atoms with Crippen molar-refractivity contribution in [1.82, 2.24) is 14.3 Å². The van der Waals surface area contributed by atoms with Gasteiger partial charge in [-0.2, -0.15) is 0 Å². The summed E-state index contributed by atoms with van der Waals surface area (Å²) in [5.74, 6) is 1.25. The first-order valence-corrected chi connectivity index (χ1v) is 7.96. The van der Waals surface area contributed by atoms with E-state index in [0.29, 0.717) is 18.2 Å². The van der Waals surface area contributed by atoms with Crippen LogP contribution in [0.2, 0.25) is 0 Å². The Kier molecular flexibility index (Phi) is 3.71. The second-order valence-corrected chi connectivity index (χ2v) is 7.09. The molecule has 1 saturated carbocycles. The van der Waals surface area contributed by atoms with Crippen molar-refractivity contribution in [2.24, 2.45) is 12.5 Å². The first-order chi connectivity index (χ1) is 8.38. The van der Waals surface area contributed by atoms with E-state index in [4.69, 9.17) is 11.6 Å². The average molecular weight is 292 g/mol. The molecule has 2 rings (SSSR count). The SMILES string of the molecule is Cc1nc(S(=O)(=O)NCC2(CCCl)CC2)cn1C. The van der Waals surface area contributed by atoms with Gasteiger partial charge in [-0.1, -0.05) is 0 Å². The number of hydrogen-bond donors (Lipinski definition) is 1. The molecule has 1 aromatic rings. The third-order valence-corrected chi connectivity index (χ3v) is 5.04. The van der Waals surface area contributed by atoms with Gasteiger partial charge in [-0.15, -0.1) is 11.6 Å². The molecule has 102 valence electrons. The van der Waals surface area contributed by atoms with Crippen molar-refractivity contribution in [3.8, 4) is 0 Å². The predicted molar refractivity (Wildman–Crippen MR) is 70.1 cm³/mol. The van der Waals surface area contributed by atoms with Gasteiger partial charge < -0.3 is 4.57 Å². The van der Waals surface area contributed by atoms with Crippen LogP contribution < -0.4 is 4.72 Å². The zero-order valence-corrected chi connectivity index (χ0v) is 12.2. The van der Waals surface area contributed by atoms with Gasteiger partial charge in [-0.3, -0.25) is 0 Å². The van der Waals surface area contributed by atoms with E-state index in [1.165, 1.54) is 6.20 Å². The Morgan fingerprint density at radius 2 is 2.22 bits per heavy atom. The van der Waals surface area contributed by atoms with Crippen molar-refractivity contribution in [2.75, 3.05) is 12.4 Å². The summed E-state index contributed by atoms with van der Waals surface area (Å²) < 4.78 is 28.4. The molecule has 18 heavy (non-hydrogen) atoms. The maximum Gasteiger partial charge on any atom is 0.259 e. The predicted octanol–water partition coefficient (Wildman–Crippen LogP) is 1.42. The maximum atomic E-state index is 12.1. The molecule has 0 radical (unpaired) electrons. The summed E-state index contributed by atoms with van der Waals surface area (Å²) in [4.78, 5) is 4.04. The first-order valence-electron chi connectivity index (χ1n) is 5.94. The largest absolute Gasteiger partial charge is 0.337 e. The third-order valence-electron chi connectivity index (χ3n) is 3.58. The van der Waals surface area contributed by atoms with E-state index in [0.717, 1.165) is 19.3 Å². The van der Waals surface area contributed by atoms with Crippen LogP contribution in [-0.2, 0) is 17.1 Å². The van der Waals surface area contributed by atoms with Crippen molar-refractivity contribution < 1.29 is 8.42 Å². The van der Waals surface area contributed by atoms with Crippen LogP contribution in [0.1, 0.15) is 25.1 Å². The second kappa shape index (κ2) is 4.83. The van der Waals surface area contributed by atoms with Gasteiger partial charge in [-0.25, -0.2) is 18.1 Å². The molecule has 1 heterocycles. The van der Waals surface area contributed by atoms with Crippen molar-refractivity contribution >= 4 is 21.6 Å². The van der Waals surface area contributed by atoms with Gasteiger partial charge in [0.25, 0.3) is 10.0 Å². The van der Waals surface area contributed by atoms with Gasteiger partial charge in [0, 0.05) is 25.7 Å². The molecule has 1 aliphatic rings. The quantitative estimate of drug-likeness (QED) is 0.806. The molecule has 5 nitrogen and oxygen atoms in total. The maximum absolute atomic E-state index is 12.1. The smallest absolute Gasteiger partial charge is 0.259 e. The molecule has 7 heteroatoms. The molecule has 0 bridgehead atoms. The Hall–Kier alpha value is -0.590. The Balaban J connectivity index is 2.04. The van der Waals surface area contributed by atoms with Crippen molar-refractivity contribution in [2.45, 2.75) is 31.2 Å². The van der Waals surface area contributed by atoms with E-state index in [2.05, 4.69) is 9.71 Å². The van der Waals surface area contributed by atoms with Crippen molar-refractivity contribution in [3.63, 3.8) is 0 Å². The molecule has 0 aromatic carbocycles. The van der Waals surface area contributed by atoms with Crippen LogP contribution in [0.4, 0.5) is 0 Å². The van der Waals surface area contributed by atoms with Gasteiger partial charge in [-0.05, 0) is 31.6 Å². The molecule has 0 aliphatic heterocycles. The molecular formula is C11H18ClN3O2S. The molecule has 1 aliphatic carbocycles. The van der Waals surface area contributed by atoms with Crippen molar-refractivity contribution in [1.29, 1.82) is 0 Å². The molecule has 0 saturated heterocycles. The topological polar surface area (TPSA) is 64.0 Å². The Morgan fingerprint density at radius 3 is 2.67 bits per heavy atom. The second-order valence-electron chi connectivity index (χ2n) is 5.00. The van der Waals surface area contributed by atoms with E-state index in [1.807, 2.05) is 0 Å². The highest BCUT2D eigenvalue weighted by molar-refractivity contribution is 7.89. The summed E-state index contributed by atoms with van der Waals surface area (Å²) in [6.07, 6.45) is 4.48. The van der Waals surface area contributed by atoms with E-state index < -0.39 is 10.0 Å². The standard InChI is InChI=1S/C11H18ClN3O2S/c1-9-14-10(7-15(9)2)18(16,17)13-8-11(3-4-11)5-6-12/h7,13H,3-6,8H2,1-2H3. The fourth-order valence-corrected chi connectivity index (χ4v) is 3.46. The van der Waals surface area contributed by atoms with Crippen molar-refractivity contribution in [3.05, 3.63) is 12.0 Å². The Labute approximate surface area is 113 Å². The van der Waals surface area contributed by atoms with E-state index in [9.17, 15) is 8.42 Å². The molecule has 1 N–H and O–H groups in total. The van der Waals surface area contributed by atoms with Crippen LogP contribution in [0.5, 0.6) is 0 Å². The molecule has 1 aromatic heterocycles. The number of imidazole rings is 1. The number of nitrogens with one attached hydrogen (secondary N) is 1. The monoisotopic (exact) mass is 291 g/mol. The zero-order valence-electron chi connectivity index (χ0n) is 10.6. The minimum Gasteiger partial charge on any atom is -0.337 e. The number of rotatable bonds is 6. The highest BCUT2D eigenvalue weighted by Crippen LogP contribution is 2.48. The molecular weight excluding hydrogens is 274 g/mol. The number of hydrogen-bond acceptors (Lipinski definition) is 3. The summed E-state index contributed by atoms with van der Waals surface area (Å²) in [5.41, 5.74) is 0.0820. The lowest BCUT2D eigenvalue weighted by molar-refractivity contribution is 0.477. The third kappa shape index (κ3) is 2.87. The highest BCUT2D eigenvalue weighted by atomic mass is 35.5. The summed E-state index contributed by atoms with van der Waals surface area (Å²) in [5, 5.41) is 0.0872. The highest BCUT2D eigenvalue weighted by Gasteiger charge is 2.42. The summed E-state index contributed by atoms with van der Waals surface area (Å²) in [6, 6.07) is 0. The number of aromatic nitrogens is 2. The van der Waals surface area contributed by atoms with Crippen LogP contribution in [0, 0.1) is 12.3 Å². The van der Waals surface area contributed by atoms with Gasteiger partial charge in [0.05, 0.1) is 0 Å². The first kappa shape index (κ1) is 13.8. The zero-order chi connectivity index (χ0) is 13.4. The van der Waals surface area contributed by atoms with Gasteiger partial charge in [0.1, 0.15) is 5.82 Å². The van der Waals surface area contributed by atoms with Crippen LogP contribution in [0.15, 0.2) is 11.2 Å². The average Bonchev–Trinajstić information content (AvgIpc) is 2.98. The Bertz CT molecular complexity index is 515. The van der Waals surface area contributed by atoms with E-state index in [-0.39, 0.29) is 10.4 Å². The molecule has 1 fully saturated rings. The van der Waals surface area contributed by atoms with Crippen LogP contribution in [0.3, 0.4) is 0 Å². The van der Waals surface area contributed by atoms with Crippen LogP contribution in [-0.4, -0.2) is 30.4 Å². The summed E-state index contributed by atoms with van der Waals surface area (Å²) in [7, 11) is -1.72. The normalized spacial score (nSPS) is 17.9. The van der Waals surface area contributed by atoms with Crippen LogP contribution in [0.25, 0.3) is 0 Å². The number of alkyl halides is 1. The summed E-state index contributed by atoms with van der Waals surface area (Å²) >= 11 is 5.72. The summed E-state index contributed by atoms with van der Waals surface area (Å²) in [6.45, 7) is 2.23. The number of aryl methyl sites for hydroxylation is 2. The lowest BCUT2D eigenvalue weighted by atomic mass is 10.1. The molecule has 0 spiro atoms. The molecule has 0 unspecified atom stereocenters. The fraction of sp³-hybridized carbons (Fsp3) is 0.727. The lowest BCUT2D eigenvalue weighted by Crippen LogP contribution is -2.30. The minimum absolute atomic E-state index is 0.0820. The van der Waals surface area contributed by atoms with E-state index >= 15 is 0 Å². The van der Waals surface area contributed by atoms with Gasteiger partial charge in [0.2, 0.25) is 0 Å². The fourth-order valence-electron chi connectivity index (χ4n) is 1.87. The number of sulfonamides is 1. The Morgan fingerprint density at radius 1 is 1.56 bits per heavy atom. The van der Waals surface area contributed by atoms with E-state index in [1.54, 1.807) is 18.5 Å².